The molecule has 2 aromatic rings. The van der Waals surface area contributed by atoms with Crippen molar-refractivity contribution in [1.82, 2.24) is 0 Å². The van der Waals surface area contributed by atoms with Gasteiger partial charge < -0.3 is 10.1 Å². The Kier molecular flexibility index (Phi) is 4.39. The fourth-order valence-electron chi connectivity index (χ4n) is 1.57. The normalized spacial score (nSPS) is 10.2. The van der Waals surface area contributed by atoms with Crippen LogP contribution in [0.4, 0.5) is 11.4 Å². The Morgan fingerprint density at radius 1 is 1.47 bits per heavy atom. The standard InChI is InChI=1S/C12H11BrN2O3S/c1-18-8-2-3-10(11(6-8)15(16)17)14-7-12-9(13)4-5-19-12/h2-6,14H,7H2,1H3. The van der Waals surface area contributed by atoms with Crippen LogP contribution in [0.2, 0.25) is 0 Å². The van der Waals surface area contributed by atoms with Crippen molar-refractivity contribution >= 4 is 38.6 Å². The summed E-state index contributed by atoms with van der Waals surface area (Å²) in [6, 6.07) is 6.70. The van der Waals surface area contributed by atoms with E-state index in [1.807, 2.05) is 11.4 Å². The fraction of sp³-hybridized carbons (Fsp3) is 0.167. The molecule has 7 heteroatoms. The lowest BCUT2D eigenvalue weighted by Gasteiger charge is -2.07. The molecule has 1 N–H and O–H groups in total. The maximum atomic E-state index is 11.0. The van der Waals surface area contributed by atoms with Gasteiger partial charge in [-0.3, -0.25) is 10.1 Å². The highest BCUT2D eigenvalue weighted by Crippen LogP contribution is 2.30. The molecule has 0 aliphatic carbocycles. The number of anilines is 1. The lowest BCUT2D eigenvalue weighted by Crippen LogP contribution is -2.02. The number of hydrogen-bond acceptors (Lipinski definition) is 5. The van der Waals surface area contributed by atoms with Gasteiger partial charge in [-0.2, -0.15) is 0 Å². The summed E-state index contributed by atoms with van der Waals surface area (Å²) < 4.78 is 5.99. The van der Waals surface area contributed by atoms with Crippen LogP contribution in [0.25, 0.3) is 0 Å². The first-order valence-corrected chi connectivity index (χ1v) is 7.07. The van der Waals surface area contributed by atoms with Crippen molar-refractivity contribution in [2.24, 2.45) is 0 Å². The van der Waals surface area contributed by atoms with Gasteiger partial charge in [0.1, 0.15) is 11.4 Å². The first-order valence-electron chi connectivity index (χ1n) is 5.40. The number of nitrogens with zero attached hydrogens (tertiary/aromatic N) is 1. The lowest BCUT2D eigenvalue weighted by atomic mass is 10.2. The molecule has 0 saturated heterocycles. The number of ether oxygens (including phenoxy) is 1. The molecule has 0 fully saturated rings. The molecule has 0 spiro atoms. The predicted octanol–water partition coefficient (Wildman–Crippen LogP) is 4.04. The summed E-state index contributed by atoms with van der Waals surface area (Å²) in [6.07, 6.45) is 0. The molecule has 100 valence electrons. The van der Waals surface area contributed by atoms with Gasteiger partial charge in [0.2, 0.25) is 0 Å². The van der Waals surface area contributed by atoms with Crippen LogP contribution in [0.3, 0.4) is 0 Å². The third-order valence-electron chi connectivity index (χ3n) is 2.53. The van der Waals surface area contributed by atoms with Gasteiger partial charge >= 0.3 is 0 Å². The average Bonchev–Trinajstić information content (AvgIpc) is 2.81. The number of rotatable bonds is 5. The smallest absolute Gasteiger partial charge is 0.296 e. The van der Waals surface area contributed by atoms with Crippen molar-refractivity contribution in [3.05, 3.63) is 49.1 Å². The van der Waals surface area contributed by atoms with Gasteiger partial charge in [0.15, 0.2) is 0 Å². The van der Waals surface area contributed by atoms with E-state index in [1.54, 1.807) is 23.5 Å². The third-order valence-corrected chi connectivity index (χ3v) is 4.46. The molecule has 0 unspecified atom stereocenters. The summed E-state index contributed by atoms with van der Waals surface area (Å²) in [7, 11) is 1.48. The molecule has 0 radical (unpaired) electrons. The molecule has 0 amide bonds. The monoisotopic (exact) mass is 342 g/mol. The number of nitrogens with one attached hydrogen (secondary N) is 1. The van der Waals surface area contributed by atoms with Gasteiger partial charge in [0.05, 0.1) is 24.6 Å². The molecule has 1 aromatic heterocycles. The minimum Gasteiger partial charge on any atom is -0.496 e. The topological polar surface area (TPSA) is 64.4 Å². The number of halogens is 1. The molecule has 1 heterocycles. The Morgan fingerprint density at radius 2 is 2.26 bits per heavy atom. The highest BCUT2D eigenvalue weighted by atomic mass is 79.9. The maximum absolute atomic E-state index is 11.0. The second-order valence-corrected chi connectivity index (χ2v) is 5.54. The van der Waals surface area contributed by atoms with Gasteiger partial charge in [-0.05, 0) is 39.5 Å². The van der Waals surface area contributed by atoms with Crippen molar-refractivity contribution in [1.29, 1.82) is 0 Å². The molecule has 19 heavy (non-hydrogen) atoms. The average molecular weight is 343 g/mol. The van der Waals surface area contributed by atoms with Crippen LogP contribution in [-0.2, 0) is 6.54 Å². The second kappa shape index (κ2) is 6.03. The van der Waals surface area contributed by atoms with Crippen LogP contribution in [-0.4, -0.2) is 12.0 Å². The first kappa shape index (κ1) is 13.8. The van der Waals surface area contributed by atoms with Crippen LogP contribution in [0.5, 0.6) is 5.75 Å². The Morgan fingerprint density at radius 3 is 2.84 bits per heavy atom. The Bertz CT molecular complexity index is 600. The van der Waals surface area contributed by atoms with Crippen molar-refractivity contribution in [3.8, 4) is 5.75 Å². The van der Waals surface area contributed by atoms with E-state index in [4.69, 9.17) is 4.74 Å². The van der Waals surface area contributed by atoms with Gasteiger partial charge in [-0.25, -0.2) is 0 Å². The zero-order valence-electron chi connectivity index (χ0n) is 10.1. The third kappa shape index (κ3) is 3.24. The number of hydrogen-bond donors (Lipinski definition) is 1. The number of nitro groups is 1. The van der Waals surface area contributed by atoms with Gasteiger partial charge in [0, 0.05) is 9.35 Å². The van der Waals surface area contributed by atoms with Gasteiger partial charge in [-0.1, -0.05) is 0 Å². The van der Waals surface area contributed by atoms with E-state index < -0.39 is 4.92 Å². The molecule has 0 bridgehead atoms. The Hall–Kier alpha value is -1.60. The minimum atomic E-state index is -0.422. The molecule has 0 aliphatic rings. The van der Waals surface area contributed by atoms with E-state index in [0.717, 1.165) is 9.35 Å². The molecular formula is C12H11BrN2O3S. The zero-order chi connectivity index (χ0) is 13.8. The van der Waals surface area contributed by atoms with Gasteiger partial charge in [-0.15, -0.1) is 11.3 Å². The summed E-state index contributed by atoms with van der Waals surface area (Å²) in [4.78, 5) is 11.7. The largest absolute Gasteiger partial charge is 0.496 e. The second-order valence-electron chi connectivity index (χ2n) is 3.69. The van der Waals surface area contributed by atoms with E-state index in [-0.39, 0.29) is 5.69 Å². The Balaban J connectivity index is 2.20. The van der Waals surface area contributed by atoms with Crippen LogP contribution in [0, 0.1) is 10.1 Å². The lowest BCUT2D eigenvalue weighted by molar-refractivity contribution is -0.384. The van der Waals surface area contributed by atoms with E-state index in [1.165, 1.54) is 13.2 Å². The molecule has 2 rings (SSSR count). The van der Waals surface area contributed by atoms with Crippen LogP contribution in [0.15, 0.2) is 34.1 Å². The van der Waals surface area contributed by atoms with Crippen LogP contribution in [0.1, 0.15) is 4.88 Å². The first-order chi connectivity index (χ1) is 9.11. The quantitative estimate of drug-likeness (QED) is 0.657. The molecular weight excluding hydrogens is 332 g/mol. The van der Waals surface area contributed by atoms with Crippen molar-refractivity contribution in [2.45, 2.75) is 6.54 Å². The summed E-state index contributed by atoms with van der Waals surface area (Å²) in [5, 5.41) is 16.1. The predicted molar refractivity (Wildman–Crippen MR) is 79.0 cm³/mol. The van der Waals surface area contributed by atoms with Crippen molar-refractivity contribution in [3.63, 3.8) is 0 Å². The number of benzene rings is 1. The van der Waals surface area contributed by atoms with Crippen LogP contribution >= 0.6 is 27.3 Å². The molecule has 0 saturated carbocycles. The molecule has 1 aromatic carbocycles. The van der Waals surface area contributed by atoms with Gasteiger partial charge in [0.25, 0.3) is 5.69 Å². The van der Waals surface area contributed by atoms with Crippen molar-refractivity contribution in [2.75, 3.05) is 12.4 Å². The SMILES string of the molecule is COc1ccc(NCc2sccc2Br)c([N+](=O)[O-])c1. The summed E-state index contributed by atoms with van der Waals surface area (Å²) in [6.45, 7) is 0.533. The molecule has 5 nitrogen and oxygen atoms in total. The molecule has 0 atom stereocenters. The number of thiophene rings is 1. The Labute approximate surface area is 122 Å². The van der Waals surface area contributed by atoms with E-state index in [2.05, 4.69) is 21.2 Å². The van der Waals surface area contributed by atoms with E-state index in [9.17, 15) is 10.1 Å². The van der Waals surface area contributed by atoms with E-state index >= 15 is 0 Å². The minimum absolute atomic E-state index is 0.00651. The van der Waals surface area contributed by atoms with Crippen molar-refractivity contribution < 1.29 is 9.66 Å². The van der Waals surface area contributed by atoms with Crippen LogP contribution < -0.4 is 10.1 Å². The highest BCUT2D eigenvalue weighted by Gasteiger charge is 2.15. The number of nitro benzene ring substituents is 1. The number of methoxy groups -OCH3 is 1. The summed E-state index contributed by atoms with van der Waals surface area (Å²) in [5.74, 6) is 0.467. The molecule has 0 aliphatic heterocycles. The zero-order valence-corrected chi connectivity index (χ0v) is 12.5. The summed E-state index contributed by atoms with van der Waals surface area (Å²) >= 11 is 5.01. The highest BCUT2D eigenvalue weighted by molar-refractivity contribution is 9.10. The maximum Gasteiger partial charge on any atom is 0.296 e. The fourth-order valence-corrected chi connectivity index (χ4v) is 3.00. The summed E-state index contributed by atoms with van der Waals surface area (Å²) in [5.41, 5.74) is 0.484. The van der Waals surface area contributed by atoms with E-state index in [0.29, 0.717) is 18.0 Å².